The molecule has 1 saturated carbocycles. The van der Waals surface area contributed by atoms with E-state index < -0.39 is 0 Å². The zero-order valence-electron chi connectivity index (χ0n) is 10.4. The molecule has 0 heterocycles. The number of unbranched alkanes of at least 4 members (excludes halogenated alkanes) is 1. The average Bonchev–Trinajstić information content (AvgIpc) is 2.63. The van der Waals surface area contributed by atoms with Gasteiger partial charge in [-0.1, -0.05) is 26.7 Å². The summed E-state index contributed by atoms with van der Waals surface area (Å²) in [6.07, 6.45) is 6.70. The van der Waals surface area contributed by atoms with Crippen molar-refractivity contribution in [3.63, 3.8) is 0 Å². The third-order valence-corrected chi connectivity index (χ3v) is 3.30. The molecule has 90 valence electrons. The summed E-state index contributed by atoms with van der Waals surface area (Å²) < 4.78 is 5.50. The van der Waals surface area contributed by atoms with E-state index in [0.29, 0.717) is 0 Å². The van der Waals surface area contributed by atoms with Crippen LogP contribution in [0.3, 0.4) is 0 Å². The van der Waals surface area contributed by atoms with Crippen LogP contribution in [0.25, 0.3) is 0 Å². The number of ether oxygens (including phenoxy) is 1. The zero-order chi connectivity index (χ0) is 10.9. The molecular formula is C13H27NO. The summed E-state index contributed by atoms with van der Waals surface area (Å²) in [6, 6.07) is 0. The van der Waals surface area contributed by atoms with Gasteiger partial charge in [0.2, 0.25) is 0 Å². The highest BCUT2D eigenvalue weighted by Crippen LogP contribution is 2.29. The predicted octanol–water partition coefficient (Wildman–Crippen LogP) is 2.83. The number of hydrogen-bond donors (Lipinski definition) is 1. The van der Waals surface area contributed by atoms with E-state index >= 15 is 0 Å². The second-order valence-corrected chi connectivity index (χ2v) is 4.95. The molecule has 2 atom stereocenters. The van der Waals surface area contributed by atoms with Gasteiger partial charge in [-0.05, 0) is 37.6 Å². The molecule has 1 aliphatic rings. The van der Waals surface area contributed by atoms with E-state index in [1.807, 2.05) is 0 Å². The maximum Gasteiger partial charge on any atom is 0.0590 e. The number of nitrogens with one attached hydrogen (secondary N) is 1. The zero-order valence-corrected chi connectivity index (χ0v) is 10.4. The molecular weight excluding hydrogens is 186 g/mol. The van der Waals surface area contributed by atoms with Crippen molar-refractivity contribution in [1.82, 2.24) is 5.32 Å². The normalized spacial score (nSPS) is 26.0. The molecule has 1 rings (SSSR count). The summed E-state index contributed by atoms with van der Waals surface area (Å²) in [7, 11) is 0. The van der Waals surface area contributed by atoms with Crippen LogP contribution < -0.4 is 5.32 Å². The van der Waals surface area contributed by atoms with Crippen LogP contribution in [0.4, 0.5) is 0 Å². The molecule has 0 bridgehead atoms. The lowest BCUT2D eigenvalue weighted by Gasteiger charge is -2.11. The molecule has 2 heteroatoms. The van der Waals surface area contributed by atoms with Crippen LogP contribution in [0.5, 0.6) is 0 Å². The number of rotatable bonds is 8. The van der Waals surface area contributed by atoms with Crippen molar-refractivity contribution in [2.75, 3.05) is 26.3 Å². The third kappa shape index (κ3) is 6.16. The van der Waals surface area contributed by atoms with Crippen molar-refractivity contribution in [3.8, 4) is 0 Å². The van der Waals surface area contributed by atoms with Crippen molar-refractivity contribution in [1.29, 1.82) is 0 Å². The monoisotopic (exact) mass is 213 g/mol. The fraction of sp³-hybridized carbons (Fsp3) is 1.00. The maximum atomic E-state index is 5.50. The third-order valence-electron chi connectivity index (χ3n) is 3.30. The van der Waals surface area contributed by atoms with Gasteiger partial charge in [0.15, 0.2) is 0 Å². The van der Waals surface area contributed by atoms with E-state index in [1.165, 1.54) is 38.6 Å². The first-order valence-electron chi connectivity index (χ1n) is 6.61. The largest absolute Gasteiger partial charge is 0.380 e. The van der Waals surface area contributed by atoms with Crippen molar-refractivity contribution < 1.29 is 4.74 Å². The van der Waals surface area contributed by atoms with Crippen LogP contribution in [-0.4, -0.2) is 26.3 Å². The summed E-state index contributed by atoms with van der Waals surface area (Å²) in [5, 5.41) is 3.50. The van der Waals surface area contributed by atoms with Crippen molar-refractivity contribution in [2.24, 2.45) is 11.8 Å². The van der Waals surface area contributed by atoms with E-state index in [9.17, 15) is 0 Å². The molecule has 2 nitrogen and oxygen atoms in total. The topological polar surface area (TPSA) is 21.3 Å². The highest BCUT2D eigenvalue weighted by Gasteiger charge is 2.20. The molecule has 0 aromatic heterocycles. The Labute approximate surface area is 94.8 Å². The Kier molecular flexibility index (Phi) is 7.03. The van der Waals surface area contributed by atoms with Gasteiger partial charge in [-0.25, -0.2) is 0 Å². The summed E-state index contributed by atoms with van der Waals surface area (Å²) in [5.74, 6) is 1.88. The Hall–Kier alpha value is -0.0800. The van der Waals surface area contributed by atoms with Gasteiger partial charge in [0.25, 0.3) is 0 Å². The lowest BCUT2D eigenvalue weighted by atomic mass is 10.1. The minimum absolute atomic E-state index is 0.877. The SMILES string of the molecule is CCCCOCCNCC1CCC(C)C1. The molecule has 0 saturated heterocycles. The van der Waals surface area contributed by atoms with Crippen LogP contribution >= 0.6 is 0 Å². The molecule has 0 aliphatic heterocycles. The second-order valence-electron chi connectivity index (χ2n) is 4.95. The van der Waals surface area contributed by atoms with E-state index in [2.05, 4.69) is 19.2 Å². The second kappa shape index (κ2) is 8.12. The number of hydrogen-bond acceptors (Lipinski definition) is 2. The minimum atomic E-state index is 0.877. The van der Waals surface area contributed by atoms with Gasteiger partial charge < -0.3 is 10.1 Å². The molecule has 0 amide bonds. The fourth-order valence-corrected chi connectivity index (χ4v) is 2.31. The Morgan fingerprint density at radius 1 is 1.27 bits per heavy atom. The van der Waals surface area contributed by atoms with E-state index in [0.717, 1.165) is 31.6 Å². The molecule has 0 aromatic carbocycles. The first-order chi connectivity index (χ1) is 7.33. The van der Waals surface area contributed by atoms with E-state index in [1.54, 1.807) is 0 Å². The quantitative estimate of drug-likeness (QED) is 0.626. The summed E-state index contributed by atoms with van der Waals surface area (Å²) in [4.78, 5) is 0. The lowest BCUT2D eigenvalue weighted by Crippen LogP contribution is -2.25. The Balaban J connectivity index is 1.81. The van der Waals surface area contributed by atoms with Gasteiger partial charge in [-0.15, -0.1) is 0 Å². The summed E-state index contributed by atoms with van der Waals surface area (Å²) in [5.41, 5.74) is 0. The maximum absolute atomic E-state index is 5.50. The van der Waals surface area contributed by atoms with E-state index in [4.69, 9.17) is 4.74 Å². The first kappa shape index (κ1) is 13.0. The minimum Gasteiger partial charge on any atom is -0.380 e. The Bertz CT molecular complexity index is 149. The molecule has 0 spiro atoms. The molecule has 1 aliphatic carbocycles. The van der Waals surface area contributed by atoms with Crippen molar-refractivity contribution >= 4 is 0 Å². The van der Waals surface area contributed by atoms with Crippen LogP contribution in [0, 0.1) is 11.8 Å². The summed E-state index contributed by atoms with van der Waals surface area (Å²) >= 11 is 0. The standard InChI is InChI=1S/C13H27NO/c1-3-4-8-15-9-7-14-11-13-6-5-12(2)10-13/h12-14H,3-11H2,1-2H3. The van der Waals surface area contributed by atoms with Crippen LogP contribution in [0.1, 0.15) is 46.0 Å². The van der Waals surface area contributed by atoms with Gasteiger partial charge >= 0.3 is 0 Å². The molecule has 1 N–H and O–H groups in total. The molecule has 15 heavy (non-hydrogen) atoms. The summed E-state index contributed by atoms with van der Waals surface area (Å²) in [6.45, 7) is 8.59. The molecule has 0 radical (unpaired) electrons. The van der Waals surface area contributed by atoms with Crippen LogP contribution in [0.15, 0.2) is 0 Å². The fourth-order valence-electron chi connectivity index (χ4n) is 2.31. The first-order valence-corrected chi connectivity index (χ1v) is 6.61. The van der Waals surface area contributed by atoms with Gasteiger partial charge in [-0.3, -0.25) is 0 Å². The highest BCUT2D eigenvalue weighted by atomic mass is 16.5. The van der Waals surface area contributed by atoms with Gasteiger partial charge in [0.05, 0.1) is 6.61 Å². The van der Waals surface area contributed by atoms with Gasteiger partial charge in [-0.2, -0.15) is 0 Å². The lowest BCUT2D eigenvalue weighted by molar-refractivity contribution is 0.132. The Morgan fingerprint density at radius 3 is 2.80 bits per heavy atom. The van der Waals surface area contributed by atoms with E-state index in [-0.39, 0.29) is 0 Å². The van der Waals surface area contributed by atoms with Gasteiger partial charge in [0.1, 0.15) is 0 Å². The predicted molar refractivity (Wildman–Crippen MR) is 65.1 cm³/mol. The molecule has 1 fully saturated rings. The Morgan fingerprint density at radius 2 is 2.13 bits per heavy atom. The van der Waals surface area contributed by atoms with Crippen molar-refractivity contribution in [2.45, 2.75) is 46.0 Å². The highest BCUT2D eigenvalue weighted by molar-refractivity contribution is 4.74. The van der Waals surface area contributed by atoms with Gasteiger partial charge in [0, 0.05) is 13.2 Å². The smallest absolute Gasteiger partial charge is 0.0590 e. The molecule has 0 aromatic rings. The van der Waals surface area contributed by atoms with Crippen LogP contribution in [-0.2, 0) is 4.74 Å². The molecule has 2 unspecified atom stereocenters. The van der Waals surface area contributed by atoms with Crippen LogP contribution in [0.2, 0.25) is 0 Å². The average molecular weight is 213 g/mol. The van der Waals surface area contributed by atoms with Crippen molar-refractivity contribution in [3.05, 3.63) is 0 Å².